The molecule has 0 spiro atoms. The number of thiophene rings is 1. The number of hydrogen-bond donors (Lipinski definition) is 1. The van der Waals surface area contributed by atoms with E-state index in [1.54, 1.807) is 28.8 Å². The Bertz CT molecular complexity index is 1480. The quantitative estimate of drug-likeness (QED) is 0.321. The van der Waals surface area contributed by atoms with Gasteiger partial charge in [-0.15, -0.1) is 11.3 Å². The van der Waals surface area contributed by atoms with E-state index in [1.807, 2.05) is 77.0 Å². The number of carbonyl (C=O) groups excluding carboxylic acids is 1. The lowest BCUT2D eigenvalue weighted by molar-refractivity contribution is 0.0227. The summed E-state index contributed by atoms with van der Waals surface area (Å²) in [7, 11) is 3.91. The Labute approximate surface area is 226 Å². The average molecular weight is 533 g/mol. The molecule has 5 rings (SSSR count). The van der Waals surface area contributed by atoms with Crippen molar-refractivity contribution >= 4 is 45.0 Å². The third kappa shape index (κ3) is 5.50. The Balaban J connectivity index is 1.34. The predicted octanol–water partition coefficient (Wildman–Crippen LogP) is 6.29. The number of aromatic nitrogens is 3. The molecule has 0 saturated heterocycles. The Hall–Kier alpha value is -3.92. The molecule has 1 aliphatic heterocycles. The lowest BCUT2D eigenvalue weighted by Gasteiger charge is -2.30. The molecule has 1 aromatic carbocycles. The highest BCUT2D eigenvalue weighted by Crippen LogP contribution is 2.39. The number of fused-ring (bicyclic) bond motifs is 3. The topological polar surface area (TPSA) is 92.7 Å². The summed E-state index contributed by atoms with van der Waals surface area (Å²) < 4.78 is 11.6. The van der Waals surface area contributed by atoms with Gasteiger partial charge in [0.25, 0.3) is 0 Å². The minimum absolute atomic E-state index is 0.285. The van der Waals surface area contributed by atoms with Crippen molar-refractivity contribution in [2.75, 3.05) is 30.9 Å². The molecule has 4 heterocycles. The number of anilines is 3. The molecule has 1 amide bonds. The van der Waals surface area contributed by atoms with Gasteiger partial charge in [0, 0.05) is 31.2 Å². The molecule has 9 nitrogen and oxygen atoms in total. The van der Waals surface area contributed by atoms with Crippen LogP contribution >= 0.6 is 11.3 Å². The number of benzene rings is 1. The third-order valence-electron chi connectivity index (χ3n) is 6.13. The summed E-state index contributed by atoms with van der Waals surface area (Å²) in [6, 6.07) is 9.79. The second kappa shape index (κ2) is 10.1. The van der Waals surface area contributed by atoms with E-state index in [2.05, 4.69) is 20.3 Å². The molecule has 10 heteroatoms. The molecule has 0 unspecified atom stereocenters. The zero-order valence-corrected chi connectivity index (χ0v) is 23.3. The van der Waals surface area contributed by atoms with Crippen LogP contribution in [0.4, 0.5) is 22.1 Å². The molecule has 0 aliphatic carbocycles. The van der Waals surface area contributed by atoms with Gasteiger partial charge in [-0.05, 0) is 75.6 Å². The van der Waals surface area contributed by atoms with E-state index in [-0.39, 0.29) is 6.09 Å². The van der Waals surface area contributed by atoms with Crippen LogP contribution in [0.2, 0.25) is 0 Å². The van der Waals surface area contributed by atoms with Crippen LogP contribution in [0.5, 0.6) is 11.5 Å². The van der Waals surface area contributed by atoms with Crippen molar-refractivity contribution in [3.8, 4) is 11.5 Å². The van der Waals surface area contributed by atoms with Crippen LogP contribution in [-0.2, 0) is 17.7 Å². The minimum atomic E-state index is -0.521. The van der Waals surface area contributed by atoms with E-state index in [0.717, 1.165) is 50.2 Å². The normalized spacial score (nSPS) is 13.3. The number of hydrogen-bond acceptors (Lipinski definition) is 9. The average Bonchev–Trinajstić information content (AvgIpc) is 3.24. The first-order chi connectivity index (χ1) is 18.1. The number of rotatable bonds is 5. The molecule has 0 radical (unpaired) electrons. The number of nitrogens with zero attached hydrogens (tertiary/aromatic N) is 5. The number of aryl methyl sites for hydroxylation is 1. The molecule has 3 aromatic heterocycles. The first-order valence-corrected chi connectivity index (χ1v) is 13.3. The van der Waals surface area contributed by atoms with Gasteiger partial charge in [-0.3, -0.25) is 0 Å². The summed E-state index contributed by atoms with van der Waals surface area (Å²) >= 11 is 1.60. The molecule has 1 N–H and O–H groups in total. The van der Waals surface area contributed by atoms with Gasteiger partial charge in [-0.25, -0.2) is 19.7 Å². The SMILES string of the molecule is Cc1cc(Nc2ncnc3sc4c(c23)CCN(C(=O)OC(C)(C)C)C4)ccc1Oc1ccc(N(C)C)nc1. The van der Waals surface area contributed by atoms with E-state index in [1.165, 1.54) is 5.56 Å². The van der Waals surface area contributed by atoms with Gasteiger partial charge in [0.05, 0.1) is 18.1 Å². The molecule has 1 aliphatic rings. The maximum Gasteiger partial charge on any atom is 0.410 e. The van der Waals surface area contributed by atoms with Crippen LogP contribution in [0.1, 0.15) is 36.8 Å². The van der Waals surface area contributed by atoms with Gasteiger partial charge in [-0.2, -0.15) is 0 Å². The first kappa shape index (κ1) is 25.7. The smallest absolute Gasteiger partial charge is 0.410 e. The van der Waals surface area contributed by atoms with E-state index < -0.39 is 5.60 Å². The fourth-order valence-corrected chi connectivity index (χ4v) is 5.51. The number of amides is 1. The molecule has 0 bridgehead atoms. The lowest BCUT2D eigenvalue weighted by atomic mass is 10.1. The van der Waals surface area contributed by atoms with Crippen molar-refractivity contribution in [3.63, 3.8) is 0 Å². The number of nitrogens with one attached hydrogen (secondary N) is 1. The monoisotopic (exact) mass is 532 g/mol. The van der Waals surface area contributed by atoms with Crippen molar-refractivity contribution < 1.29 is 14.3 Å². The number of pyridine rings is 1. The minimum Gasteiger partial charge on any atom is -0.455 e. The highest BCUT2D eigenvalue weighted by Gasteiger charge is 2.29. The standard InChI is InChI=1S/C28H32N6O3S/c1-17-13-18(7-9-21(17)36-19-8-10-23(29-14-19)33(5)6)32-25-24-20-11-12-34(27(35)37-28(2,3)4)15-22(20)38-26(24)31-16-30-25/h7-10,13-14,16H,11-12,15H2,1-6H3,(H,30,31,32). The second-order valence-electron chi connectivity index (χ2n) is 10.5. The number of ether oxygens (including phenoxy) is 2. The Morgan fingerprint density at radius 3 is 2.63 bits per heavy atom. The van der Waals surface area contributed by atoms with Crippen molar-refractivity contribution in [3.05, 3.63) is 58.9 Å². The van der Waals surface area contributed by atoms with E-state index >= 15 is 0 Å². The fraction of sp³-hybridized carbons (Fsp3) is 0.357. The van der Waals surface area contributed by atoms with Crippen LogP contribution in [0, 0.1) is 6.92 Å². The van der Waals surface area contributed by atoms with Gasteiger partial charge in [0.2, 0.25) is 0 Å². The van der Waals surface area contributed by atoms with E-state index in [4.69, 9.17) is 9.47 Å². The summed E-state index contributed by atoms with van der Waals surface area (Å²) in [5, 5.41) is 4.49. The zero-order valence-electron chi connectivity index (χ0n) is 22.5. The molecule has 38 heavy (non-hydrogen) atoms. The molecule has 0 fully saturated rings. The number of carbonyl (C=O) groups is 1. The molecule has 198 valence electrons. The highest BCUT2D eigenvalue weighted by molar-refractivity contribution is 7.19. The van der Waals surface area contributed by atoms with Crippen LogP contribution < -0.4 is 15.0 Å². The lowest BCUT2D eigenvalue weighted by Crippen LogP contribution is -2.39. The molecular formula is C28H32N6O3S. The van der Waals surface area contributed by atoms with Crippen LogP contribution in [0.15, 0.2) is 42.9 Å². The molecule has 0 saturated carbocycles. The van der Waals surface area contributed by atoms with Crippen LogP contribution in [0.3, 0.4) is 0 Å². The van der Waals surface area contributed by atoms with E-state index in [0.29, 0.717) is 18.8 Å². The summed E-state index contributed by atoms with van der Waals surface area (Å²) in [6.45, 7) is 8.77. The van der Waals surface area contributed by atoms with Crippen molar-refractivity contribution in [2.24, 2.45) is 0 Å². The maximum atomic E-state index is 12.6. The largest absolute Gasteiger partial charge is 0.455 e. The first-order valence-electron chi connectivity index (χ1n) is 12.5. The summed E-state index contributed by atoms with van der Waals surface area (Å²) in [5.41, 5.74) is 2.56. The van der Waals surface area contributed by atoms with E-state index in [9.17, 15) is 4.79 Å². The molecule has 0 atom stereocenters. The Morgan fingerprint density at radius 2 is 1.95 bits per heavy atom. The van der Waals surface area contributed by atoms with Gasteiger partial charge in [0.1, 0.15) is 39.9 Å². The summed E-state index contributed by atoms with van der Waals surface area (Å²) in [5.74, 6) is 3.08. The van der Waals surface area contributed by atoms with Gasteiger partial charge in [0.15, 0.2) is 0 Å². The summed E-state index contributed by atoms with van der Waals surface area (Å²) in [6.07, 6.45) is 3.74. The van der Waals surface area contributed by atoms with Crippen molar-refractivity contribution in [2.45, 2.75) is 46.3 Å². The maximum absolute atomic E-state index is 12.6. The fourth-order valence-electron chi connectivity index (χ4n) is 4.31. The van der Waals surface area contributed by atoms with Crippen molar-refractivity contribution in [1.29, 1.82) is 0 Å². The predicted molar refractivity (Wildman–Crippen MR) is 151 cm³/mol. The Morgan fingerprint density at radius 1 is 1.13 bits per heavy atom. The highest BCUT2D eigenvalue weighted by atomic mass is 32.1. The van der Waals surface area contributed by atoms with Gasteiger partial charge in [-0.1, -0.05) is 0 Å². The van der Waals surface area contributed by atoms with Gasteiger partial charge < -0.3 is 24.6 Å². The van der Waals surface area contributed by atoms with Crippen molar-refractivity contribution in [1.82, 2.24) is 19.9 Å². The molecule has 4 aromatic rings. The van der Waals surface area contributed by atoms with Crippen LogP contribution in [0.25, 0.3) is 10.2 Å². The molecular weight excluding hydrogens is 500 g/mol. The third-order valence-corrected chi connectivity index (χ3v) is 7.26. The van der Waals surface area contributed by atoms with Crippen LogP contribution in [-0.4, -0.2) is 52.2 Å². The second-order valence-corrected chi connectivity index (χ2v) is 11.6. The zero-order chi connectivity index (χ0) is 27.0. The Kier molecular flexibility index (Phi) is 6.83. The van der Waals surface area contributed by atoms with Gasteiger partial charge >= 0.3 is 6.09 Å². The summed E-state index contributed by atoms with van der Waals surface area (Å²) in [4.78, 5) is 31.8.